The number of rotatable bonds is 4. The molecule has 0 amide bonds. The topological polar surface area (TPSA) is 39.1 Å². The summed E-state index contributed by atoms with van der Waals surface area (Å²) in [5.74, 6) is 0.777. The molecule has 1 aliphatic carbocycles. The van der Waals surface area contributed by atoms with Gasteiger partial charge in [-0.1, -0.05) is 6.92 Å². The Hall–Kier alpha value is -0.590. The van der Waals surface area contributed by atoms with Crippen LogP contribution in [0.1, 0.15) is 40.0 Å². The second kappa shape index (κ2) is 4.35. The van der Waals surface area contributed by atoms with Gasteiger partial charge in [-0.15, -0.1) is 0 Å². The average molecular weight is 221 g/mol. The van der Waals surface area contributed by atoms with Crippen LogP contribution in [0.25, 0.3) is 0 Å². The van der Waals surface area contributed by atoms with Crippen LogP contribution in [0.2, 0.25) is 0 Å². The van der Waals surface area contributed by atoms with Crippen LogP contribution in [-0.4, -0.2) is 35.6 Å². The molecule has 2 rings (SSSR count). The number of hydrogen-bond acceptors (Lipinski definition) is 3. The lowest BCUT2D eigenvalue weighted by Crippen LogP contribution is -2.52. The fraction of sp³-hybridized carbons (Fsp3) is 0.923. The molecular weight excluding hydrogens is 198 g/mol. The Morgan fingerprint density at radius 2 is 2.12 bits per heavy atom. The van der Waals surface area contributed by atoms with Crippen molar-refractivity contribution in [3.05, 3.63) is 0 Å². The first-order valence-corrected chi connectivity index (χ1v) is 6.45. The summed E-state index contributed by atoms with van der Waals surface area (Å²) in [6.07, 6.45) is 3.75. The fourth-order valence-corrected chi connectivity index (χ4v) is 2.80. The third-order valence-electron chi connectivity index (χ3n) is 3.78. The summed E-state index contributed by atoms with van der Waals surface area (Å²) < 4.78 is 0. The molecule has 2 fully saturated rings. The SMILES string of the molecule is CC1CC(C)N(CC(C)(C#N)NC2CC2)C1. The normalized spacial score (nSPS) is 34.6. The lowest BCUT2D eigenvalue weighted by molar-refractivity contribution is 0.210. The molecular formula is C13H23N3. The van der Waals surface area contributed by atoms with Gasteiger partial charge in [0.1, 0.15) is 5.54 Å². The molecule has 90 valence electrons. The van der Waals surface area contributed by atoms with Gasteiger partial charge in [0.15, 0.2) is 0 Å². The zero-order valence-corrected chi connectivity index (χ0v) is 10.7. The highest BCUT2D eigenvalue weighted by Crippen LogP contribution is 2.26. The van der Waals surface area contributed by atoms with Crippen LogP contribution >= 0.6 is 0 Å². The van der Waals surface area contributed by atoms with Crippen LogP contribution in [0, 0.1) is 17.2 Å². The van der Waals surface area contributed by atoms with Crippen LogP contribution < -0.4 is 5.32 Å². The predicted molar refractivity (Wildman–Crippen MR) is 65.0 cm³/mol. The molecule has 1 aliphatic heterocycles. The summed E-state index contributed by atoms with van der Waals surface area (Å²) in [4.78, 5) is 2.46. The van der Waals surface area contributed by atoms with E-state index in [2.05, 4.69) is 30.1 Å². The highest BCUT2D eigenvalue weighted by molar-refractivity contribution is 5.09. The van der Waals surface area contributed by atoms with Crippen LogP contribution in [0.4, 0.5) is 0 Å². The minimum absolute atomic E-state index is 0.362. The van der Waals surface area contributed by atoms with E-state index in [0.717, 1.165) is 19.0 Å². The smallest absolute Gasteiger partial charge is 0.116 e. The predicted octanol–water partition coefficient (Wildman–Crippen LogP) is 1.75. The molecule has 1 N–H and O–H groups in total. The van der Waals surface area contributed by atoms with Gasteiger partial charge in [-0.25, -0.2) is 0 Å². The molecule has 1 heterocycles. The molecule has 3 nitrogen and oxygen atoms in total. The van der Waals surface area contributed by atoms with Gasteiger partial charge in [-0.2, -0.15) is 5.26 Å². The molecule has 3 unspecified atom stereocenters. The summed E-state index contributed by atoms with van der Waals surface area (Å²) in [6.45, 7) is 8.63. The number of hydrogen-bond donors (Lipinski definition) is 1. The van der Waals surface area contributed by atoms with Gasteiger partial charge in [0.25, 0.3) is 0 Å². The Bertz CT molecular complexity index is 292. The minimum Gasteiger partial charge on any atom is -0.297 e. The Kier molecular flexibility index (Phi) is 3.23. The molecule has 0 radical (unpaired) electrons. The van der Waals surface area contributed by atoms with E-state index < -0.39 is 0 Å². The van der Waals surface area contributed by atoms with Crippen LogP contribution in [-0.2, 0) is 0 Å². The van der Waals surface area contributed by atoms with Gasteiger partial charge >= 0.3 is 0 Å². The lowest BCUT2D eigenvalue weighted by atomic mass is 10.0. The number of nitrogens with one attached hydrogen (secondary N) is 1. The van der Waals surface area contributed by atoms with Crippen LogP contribution in [0.3, 0.4) is 0 Å². The molecule has 0 aromatic carbocycles. The van der Waals surface area contributed by atoms with E-state index in [1.54, 1.807) is 0 Å². The van der Waals surface area contributed by atoms with Gasteiger partial charge in [0.05, 0.1) is 6.07 Å². The Morgan fingerprint density at radius 1 is 1.44 bits per heavy atom. The minimum atomic E-state index is -0.362. The number of nitriles is 1. The van der Waals surface area contributed by atoms with Gasteiger partial charge in [-0.3, -0.25) is 10.2 Å². The molecule has 0 aromatic rings. The zero-order chi connectivity index (χ0) is 11.8. The van der Waals surface area contributed by atoms with Gasteiger partial charge < -0.3 is 0 Å². The molecule has 1 saturated carbocycles. The Labute approximate surface area is 98.8 Å². The standard InChI is InChI=1S/C13H23N3/c1-10-6-11(2)16(7-10)9-13(3,8-14)15-12-4-5-12/h10-12,15H,4-7,9H2,1-3H3. The van der Waals surface area contributed by atoms with Crippen molar-refractivity contribution in [3.63, 3.8) is 0 Å². The summed E-state index contributed by atoms with van der Waals surface area (Å²) in [7, 11) is 0. The summed E-state index contributed by atoms with van der Waals surface area (Å²) in [5.41, 5.74) is -0.362. The second-order valence-electron chi connectivity index (χ2n) is 5.98. The molecule has 2 aliphatic rings. The van der Waals surface area contributed by atoms with E-state index in [4.69, 9.17) is 0 Å². The summed E-state index contributed by atoms with van der Waals surface area (Å²) >= 11 is 0. The third kappa shape index (κ3) is 2.75. The largest absolute Gasteiger partial charge is 0.297 e. The number of likely N-dealkylation sites (tertiary alicyclic amines) is 1. The fourth-order valence-electron chi connectivity index (χ4n) is 2.80. The van der Waals surface area contributed by atoms with Crippen molar-refractivity contribution in [3.8, 4) is 6.07 Å². The highest BCUT2D eigenvalue weighted by Gasteiger charge is 2.37. The molecule has 3 heteroatoms. The highest BCUT2D eigenvalue weighted by atomic mass is 15.2. The second-order valence-corrected chi connectivity index (χ2v) is 5.98. The van der Waals surface area contributed by atoms with E-state index in [1.165, 1.54) is 19.3 Å². The monoisotopic (exact) mass is 221 g/mol. The Balaban J connectivity index is 1.92. The van der Waals surface area contributed by atoms with E-state index >= 15 is 0 Å². The first kappa shape index (κ1) is 11.9. The summed E-state index contributed by atoms with van der Waals surface area (Å²) in [5, 5.41) is 12.8. The van der Waals surface area contributed by atoms with E-state index in [1.807, 2.05) is 6.92 Å². The van der Waals surface area contributed by atoms with Crippen molar-refractivity contribution in [2.45, 2.75) is 57.7 Å². The molecule has 3 atom stereocenters. The first-order chi connectivity index (χ1) is 7.52. The molecule has 0 bridgehead atoms. The van der Waals surface area contributed by atoms with Crippen LogP contribution in [0.15, 0.2) is 0 Å². The van der Waals surface area contributed by atoms with Crippen molar-refractivity contribution in [1.29, 1.82) is 5.26 Å². The quantitative estimate of drug-likeness (QED) is 0.786. The van der Waals surface area contributed by atoms with Gasteiger partial charge in [-0.05, 0) is 39.0 Å². The van der Waals surface area contributed by atoms with E-state index in [9.17, 15) is 5.26 Å². The third-order valence-corrected chi connectivity index (χ3v) is 3.78. The average Bonchev–Trinajstić information content (AvgIpc) is 2.94. The zero-order valence-electron chi connectivity index (χ0n) is 10.7. The van der Waals surface area contributed by atoms with Crippen molar-refractivity contribution >= 4 is 0 Å². The van der Waals surface area contributed by atoms with Crippen molar-refractivity contribution in [2.24, 2.45) is 5.92 Å². The Morgan fingerprint density at radius 3 is 2.56 bits per heavy atom. The van der Waals surface area contributed by atoms with E-state index in [0.29, 0.717) is 12.1 Å². The van der Waals surface area contributed by atoms with E-state index in [-0.39, 0.29) is 5.54 Å². The van der Waals surface area contributed by atoms with Crippen molar-refractivity contribution in [1.82, 2.24) is 10.2 Å². The number of nitrogens with zero attached hydrogens (tertiary/aromatic N) is 2. The maximum atomic E-state index is 9.34. The maximum absolute atomic E-state index is 9.34. The molecule has 0 spiro atoms. The summed E-state index contributed by atoms with van der Waals surface area (Å²) in [6, 6.07) is 3.68. The molecule has 16 heavy (non-hydrogen) atoms. The van der Waals surface area contributed by atoms with Crippen LogP contribution in [0.5, 0.6) is 0 Å². The maximum Gasteiger partial charge on any atom is 0.116 e. The van der Waals surface area contributed by atoms with Crippen molar-refractivity contribution < 1.29 is 0 Å². The van der Waals surface area contributed by atoms with Gasteiger partial charge in [0.2, 0.25) is 0 Å². The molecule has 0 aromatic heterocycles. The lowest BCUT2D eigenvalue weighted by Gasteiger charge is -2.31. The van der Waals surface area contributed by atoms with Gasteiger partial charge in [0, 0.05) is 25.2 Å². The first-order valence-electron chi connectivity index (χ1n) is 6.45. The van der Waals surface area contributed by atoms with Crippen molar-refractivity contribution in [2.75, 3.05) is 13.1 Å². The molecule has 1 saturated heterocycles.